The Hall–Kier alpha value is -2.59. The smallest absolute Gasteiger partial charge is 0.316 e. The van der Waals surface area contributed by atoms with Gasteiger partial charge in [0, 0.05) is 26.2 Å². The van der Waals surface area contributed by atoms with Crippen LogP contribution in [0.4, 0.5) is 5.69 Å². The maximum absolute atomic E-state index is 13.4. The third-order valence-corrected chi connectivity index (χ3v) is 7.17. The molecule has 168 valence electrons. The molecule has 0 atom stereocenters. The number of benzene rings is 1. The van der Waals surface area contributed by atoms with Gasteiger partial charge in [0.15, 0.2) is 0 Å². The van der Waals surface area contributed by atoms with E-state index in [4.69, 9.17) is 9.47 Å². The molecular formula is C21H28N4O5S. The fourth-order valence-corrected chi connectivity index (χ4v) is 4.93. The summed E-state index contributed by atoms with van der Waals surface area (Å²) in [6, 6.07) is 7.10. The highest BCUT2D eigenvalue weighted by Crippen LogP contribution is 2.30. The second-order valence-electron chi connectivity index (χ2n) is 7.95. The lowest BCUT2D eigenvalue weighted by Crippen LogP contribution is -2.49. The molecule has 1 aromatic carbocycles. The van der Waals surface area contributed by atoms with Crippen LogP contribution in [0.15, 0.2) is 35.3 Å². The molecule has 0 N–H and O–H groups in total. The van der Waals surface area contributed by atoms with Gasteiger partial charge in [-0.25, -0.2) is 8.42 Å². The predicted octanol–water partition coefficient (Wildman–Crippen LogP) is 1.64. The van der Waals surface area contributed by atoms with Crippen molar-refractivity contribution in [1.82, 2.24) is 14.1 Å². The molecule has 0 bridgehead atoms. The Kier molecular flexibility index (Phi) is 6.19. The van der Waals surface area contributed by atoms with E-state index in [9.17, 15) is 13.2 Å². The lowest BCUT2D eigenvalue weighted by Gasteiger charge is -2.35. The van der Waals surface area contributed by atoms with Crippen molar-refractivity contribution in [2.45, 2.75) is 31.8 Å². The molecule has 4 rings (SSSR count). The lowest BCUT2D eigenvalue weighted by molar-refractivity contribution is 0.205. The van der Waals surface area contributed by atoms with Crippen molar-refractivity contribution in [2.75, 3.05) is 44.4 Å². The number of nitrogens with zero attached hydrogens (tertiary/aromatic N) is 4. The zero-order chi connectivity index (χ0) is 22.0. The van der Waals surface area contributed by atoms with Crippen LogP contribution in [0, 0.1) is 0 Å². The van der Waals surface area contributed by atoms with Crippen LogP contribution in [0.3, 0.4) is 0 Å². The normalized spacial score (nSPS) is 18.3. The zero-order valence-corrected chi connectivity index (χ0v) is 18.7. The lowest BCUT2D eigenvalue weighted by atomic mass is 10.2. The Morgan fingerprint density at radius 1 is 1.03 bits per heavy atom. The molecule has 0 unspecified atom stereocenters. The van der Waals surface area contributed by atoms with Gasteiger partial charge in [-0.15, -0.1) is 0 Å². The first kappa shape index (κ1) is 21.6. The maximum atomic E-state index is 13.4. The molecule has 9 nitrogen and oxygen atoms in total. The molecule has 1 aliphatic heterocycles. The van der Waals surface area contributed by atoms with Gasteiger partial charge in [0.1, 0.15) is 11.4 Å². The van der Waals surface area contributed by atoms with Gasteiger partial charge in [-0.3, -0.25) is 4.79 Å². The minimum absolute atomic E-state index is 0.00970. The summed E-state index contributed by atoms with van der Waals surface area (Å²) in [7, 11) is -1.64. The Morgan fingerprint density at radius 3 is 2.26 bits per heavy atom. The molecule has 1 aliphatic carbocycles. The van der Waals surface area contributed by atoms with E-state index in [0.717, 1.165) is 25.7 Å². The van der Waals surface area contributed by atoms with Gasteiger partial charge >= 0.3 is 5.56 Å². The molecule has 10 heteroatoms. The minimum Gasteiger partial charge on any atom is -0.497 e. The summed E-state index contributed by atoms with van der Waals surface area (Å²) in [4.78, 5) is 15.4. The van der Waals surface area contributed by atoms with E-state index in [1.54, 1.807) is 37.6 Å². The van der Waals surface area contributed by atoms with Gasteiger partial charge in [-0.2, -0.15) is 14.1 Å². The molecule has 2 aromatic rings. The van der Waals surface area contributed by atoms with Crippen LogP contribution >= 0.6 is 0 Å². The van der Waals surface area contributed by atoms with Gasteiger partial charge in [0.2, 0.25) is 15.8 Å². The molecular weight excluding hydrogens is 420 g/mol. The van der Waals surface area contributed by atoms with E-state index in [0.29, 0.717) is 43.3 Å². The summed E-state index contributed by atoms with van der Waals surface area (Å²) in [6.45, 7) is 1.68. The van der Waals surface area contributed by atoms with Crippen LogP contribution in [-0.2, 0) is 10.0 Å². The highest BCUT2D eigenvalue weighted by molar-refractivity contribution is 7.88. The molecule has 1 saturated carbocycles. The number of rotatable bonds is 6. The largest absolute Gasteiger partial charge is 0.497 e. The first-order valence-corrected chi connectivity index (χ1v) is 12.3. The summed E-state index contributed by atoms with van der Waals surface area (Å²) in [5.74, 6) is 0.977. The summed E-state index contributed by atoms with van der Waals surface area (Å²) in [5, 5.41) is 4.39. The predicted molar refractivity (Wildman–Crippen MR) is 118 cm³/mol. The maximum Gasteiger partial charge on any atom is 0.316 e. The Balaban J connectivity index is 1.67. The van der Waals surface area contributed by atoms with Crippen molar-refractivity contribution in [3.8, 4) is 17.2 Å². The third-order valence-electron chi connectivity index (χ3n) is 5.87. The molecule has 1 saturated heterocycles. The van der Waals surface area contributed by atoms with Crippen LogP contribution in [0.2, 0.25) is 0 Å². The van der Waals surface area contributed by atoms with Crippen LogP contribution in [0.25, 0.3) is 5.69 Å². The molecule has 1 aromatic heterocycles. The number of methoxy groups -OCH3 is 1. The highest BCUT2D eigenvalue weighted by Gasteiger charge is 2.28. The van der Waals surface area contributed by atoms with Crippen molar-refractivity contribution < 1.29 is 17.9 Å². The molecule has 0 amide bonds. The van der Waals surface area contributed by atoms with Gasteiger partial charge < -0.3 is 14.4 Å². The van der Waals surface area contributed by atoms with E-state index >= 15 is 0 Å². The number of sulfonamides is 1. The van der Waals surface area contributed by atoms with Crippen LogP contribution < -0.4 is 19.9 Å². The van der Waals surface area contributed by atoms with Crippen molar-refractivity contribution in [1.29, 1.82) is 0 Å². The average Bonchev–Trinajstić information content (AvgIpc) is 3.28. The van der Waals surface area contributed by atoms with Gasteiger partial charge in [0.05, 0.1) is 31.4 Å². The molecule has 2 fully saturated rings. The number of hydrogen-bond acceptors (Lipinski definition) is 7. The number of ether oxygens (including phenoxy) is 2. The van der Waals surface area contributed by atoms with E-state index in [-0.39, 0.29) is 17.4 Å². The van der Waals surface area contributed by atoms with Gasteiger partial charge in [0.25, 0.3) is 0 Å². The number of piperazine rings is 1. The molecule has 31 heavy (non-hydrogen) atoms. The number of aromatic nitrogens is 2. The summed E-state index contributed by atoms with van der Waals surface area (Å²) in [6.07, 6.45) is 6.89. The Bertz CT molecular complexity index is 1070. The second-order valence-corrected chi connectivity index (χ2v) is 9.93. The fraction of sp³-hybridized carbons (Fsp3) is 0.524. The second kappa shape index (κ2) is 8.88. The van der Waals surface area contributed by atoms with Crippen LogP contribution in [-0.4, -0.2) is 68.2 Å². The summed E-state index contributed by atoms with van der Waals surface area (Å²) >= 11 is 0. The van der Waals surface area contributed by atoms with E-state index in [1.807, 2.05) is 4.90 Å². The topological polar surface area (TPSA) is 94.0 Å². The monoisotopic (exact) mass is 448 g/mol. The van der Waals surface area contributed by atoms with Crippen LogP contribution in [0.1, 0.15) is 25.7 Å². The first-order valence-electron chi connectivity index (χ1n) is 10.5. The Labute approximate surface area is 182 Å². The van der Waals surface area contributed by atoms with Crippen molar-refractivity contribution in [3.05, 3.63) is 40.8 Å². The van der Waals surface area contributed by atoms with E-state index in [1.165, 1.54) is 15.2 Å². The zero-order valence-electron chi connectivity index (χ0n) is 17.9. The van der Waals surface area contributed by atoms with E-state index in [2.05, 4.69) is 5.10 Å². The SMILES string of the molecule is COc1ccc(-n2ncc(N3CCN(S(C)(=O)=O)CC3)c(OC3CCCC3)c2=O)cc1. The molecule has 2 aliphatic rings. The standard InChI is InChI=1S/C21H28N4O5S/c1-29-17-9-7-16(8-10-17)25-21(26)20(30-18-5-3-4-6-18)19(15-22-25)23-11-13-24(14-12-23)31(2,27)28/h7-10,15,18H,3-6,11-14H2,1-2H3. The fourth-order valence-electron chi connectivity index (χ4n) is 4.11. The first-order chi connectivity index (χ1) is 14.9. The van der Waals surface area contributed by atoms with E-state index < -0.39 is 10.0 Å². The average molecular weight is 449 g/mol. The quantitative estimate of drug-likeness (QED) is 0.663. The van der Waals surface area contributed by atoms with Crippen molar-refractivity contribution in [2.24, 2.45) is 0 Å². The molecule has 0 spiro atoms. The highest BCUT2D eigenvalue weighted by atomic mass is 32.2. The molecule has 2 heterocycles. The van der Waals surface area contributed by atoms with Gasteiger partial charge in [-0.05, 0) is 49.9 Å². The summed E-state index contributed by atoms with van der Waals surface area (Å²) in [5.41, 5.74) is 0.922. The summed E-state index contributed by atoms with van der Waals surface area (Å²) < 4.78 is 37.9. The minimum atomic E-state index is -3.23. The number of anilines is 1. The van der Waals surface area contributed by atoms with Crippen molar-refractivity contribution in [3.63, 3.8) is 0 Å². The molecule has 0 radical (unpaired) electrons. The van der Waals surface area contributed by atoms with Crippen LogP contribution in [0.5, 0.6) is 11.5 Å². The van der Waals surface area contributed by atoms with Crippen molar-refractivity contribution >= 4 is 15.7 Å². The third kappa shape index (κ3) is 4.69. The number of hydrogen-bond donors (Lipinski definition) is 0. The van der Waals surface area contributed by atoms with Gasteiger partial charge in [-0.1, -0.05) is 0 Å². The Morgan fingerprint density at radius 2 is 1.68 bits per heavy atom.